The van der Waals surface area contributed by atoms with Gasteiger partial charge in [-0.25, -0.2) is 9.98 Å². The van der Waals surface area contributed by atoms with E-state index < -0.39 is 0 Å². The SMILES string of the molecule is CCNC(=NCc1ccnc(N2CCOC(C)C2)c1)N1CCN(Cc2cccs2)CC1. The van der Waals surface area contributed by atoms with E-state index in [9.17, 15) is 0 Å². The van der Waals surface area contributed by atoms with Crippen LogP contribution in [0.25, 0.3) is 0 Å². The topological polar surface area (TPSA) is 56.2 Å². The molecule has 1 unspecified atom stereocenters. The zero-order valence-electron chi connectivity index (χ0n) is 18.7. The van der Waals surface area contributed by atoms with E-state index in [2.05, 4.69) is 68.5 Å². The summed E-state index contributed by atoms with van der Waals surface area (Å²) >= 11 is 1.84. The predicted molar refractivity (Wildman–Crippen MR) is 128 cm³/mol. The molecule has 4 heterocycles. The van der Waals surface area contributed by atoms with E-state index in [1.54, 1.807) is 0 Å². The van der Waals surface area contributed by atoms with Gasteiger partial charge < -0.3 is 19.9 Å². The van der Waals surface area contributed by atoms with E-state index in [-0.39, 0.29) is 6.10 Å². The summed E-state index contributed by atoms with van der Waals surface area (Å²) in [4.78, 5) is 18.2. The van der Waals surface area contributed by atoms with E-state index >= 15 is 0 Å². The molecule has 2 saturated heterocycles. The van der Waals surface area contributed by atoms with Crippen LogP contribution in [0.2, 0.25) is 0 Å². The van der Waals surface area contributed by atoms with Crippen molar-refractivity contribution in [2.75, 3.05) is 57.3 Å². The fourth-order valence-electron chi connectivity index (χ4n) is 4.09. The molecule has 0 radical (unpaired) electrons. The van der Waals surface area contributed by atoms with Gasteiger partial charge in [-0.1, -0.05) is 6.07 Å². The molecular weight excluding hydrogens is 408 g/mol. The van der Waals surface area contributed by atoms with Gasteiger partial charge in [0.1, 0.15) is 5.82 Å². The Kier molecular flexibility index (Phi) is 7.77. The molecule has 2 aromatic heterocycles. The fourth-order valence-corrected chi connectivity index (χ4v) is 4.84. The number of anilines is 1. The highest BCUT2D eigenvalue weighted by Crippen LogP contribution is 2.17. The Balaban J connectivity index is 1.35. The summed E-state index contributed by atoms with van der Waals surface area (Å²) in [6.07, 6.45) is 2.15. The highest BCUT2D eigenvalue weighted by atomic mass is 32.1. The lowest BCUT2D eigenvalue weighted by Crippen LogP contribution is -2.52. The third-order valence-corrected chi connectivity index (χ3v) is 6.61. The smallest absolute Gasteiger partial charge is 0.194 e. The van der Waals surface area contributed by atoms with Crippen molar-refractivity contribution in [3.63, 3.8) is 0 Å². The van der Waals surface area contributed by atoms with Gasteiger partial charge in [-0.15, -0.1) is 11.3 Å². The molecule has 1 N–H and O–H groups in total. The van der Waals surface area contributed by atoms with Crippen LogP contribution in [0.5, 0.6) is 0 Å². The Hall–Kier alpha value is -2.16. The largest absolute Gasteiger partial charge is 0.375 e. The summed E-state index contributed by atoms with van der Waals surface area (Å²) < 4.78 is 5.66. The number of nitrogens with one attached hydrogen (secondary N) is 1. The number of hydrogen-bond donors (Lipinski definition) is 1. The molecule has 1 atom stereocenters. The van der Waals surface area contributed by atoms with Gasteiger partial charge in [-0.05, 0) is 43.0 Å². The Labute approximate surface area is 189 Å². The van der Waals surface area contributed by atoms with Gasteiger partial charge in [0.05, 0.1) is 19.3 Å². The molecule has 4 rings (SSSR count). The minimum atomic E-state index is 0.246. The molecule has 2 aliphatic rings. The molecule has 0 saturated carbocycles. The lowest BCUT2D eigenvalue weighted by molar-refractivity contribution is 0.0529. The van der Waals surface area contributed by atoms with Crippen LogP contribution in [0, 0.1) is 0 Å². The molecule has 0 amide bonds. The highest BCUT2D eigenvalue weighted by molar-refractivity contribution is 7.09. The van der Waals surface area contributed by atoms with Crippen LogP contribution in [0.3, 0.4) is 0 Å². The maximum absolute atomic E-state index is 5.66. The Morgan fingerprint density at radius 3 is 2.87 bits per heavy atom. The normalized spacial score (nSPS) is 20.8. The molecule has 2 aliphatic heterocycles. The van der Waals surface area contributed by atoms with Gasteiger partial charge in [0.15, 0.2) is 5.96 Å². The maximum atomic E-state index is 5.66. The standard InChI is InChI=1S/C23H34N6OS/c1-3-24-23(28-10-8-27(9-11-28)18-21-5-4-14-31-21)26-16-20-6-7-25-22(15-20)29-12-13-30-19(2)17-29/h4-7,14-15,19H,3,8-13,16-18H2,1-2H3,(H,24,26). The molecule has 8 heteroatoms. The number of thiophene rings is 1. The summed E-state index contributed by atoms with van der Waals surface area (Å²) in [6.45, 7) is 13.5. The molecule has 2 fully saturated rings. The van der Waals surface area contributed by atoms with E-state index in [4.69, 9.17) is 9.73 Å². The van der Waals surface area contributed by atoms with Gasteiger partial charge in [0.2, 0.25) is 0 Å². The Morgan fingerprint density at radius 1 is 1.26 bits per heavy atom. The average Bonchev–Trinajstić information content (AvgIpc) is 3.31. The quantitative estimate of drug-likeness (QED) is 0.548. The van der Waals surface area contributed by atoms with Gasteiger partial charge >= 0.3 is 0 Å². The van der Waals surface area contributed by atoms with Crippen molar-refractivity contribution in [2.45, 2.75) is 33.0 Å². The summed E-state index contributed by atoms with van der Waals surface area (Å²) in [7, 11) is 0. The van der Waals surface area contributed by atoms with Crippen LogP contribution in [0.15, 0.2) is 40.8 Å². The van der Waals surface area contributed by atoms with E-state index in [1.165, 1.54) is 10.4 Å². The fraction of sp³-hybridized carbons (Fsp3) is 0.565. The molecule has 0 spiro atoms. The van der Waals surface area contributed by atoms with Crippen molar-refractivity contribution < 1.29 is 4.74 Å². The number of guanidine groups is 1. The number of aromatic nitrogens is 1. The minimum Gasteiger partial charge on any atom is -0.375 e. The lowest BCUT2D eigenvalue weighted by atomic mass is 10.2. The number of aliphatic imine (C=N–C) groups is 1. The summed E-state index contributed by atoms with van der Waals surface area (Å²) in [6, 6.07) is 8.60. The Morgan fingerprint density at radius 2 is 2.13 bits per heavy atom. The van der Waals surface area contributed by atoms with Crippen molar-refractivity contribution >= 4 is 23.1 Å². The zero-order chi connectivity index (χ0) is 21.5. The summed E-state index contributed by atoms with van der Waals surface area (Å²) in [5, 5.41) is 5.64. The number of pyridine rings is 1. The van der Waals surface area contributed by atoms with Crippen molar-refractivity contribution in [1.29, 1.82) is 0 Å². The monoisotopic (exact) mass is 442 g/mol. The third-order valence-electron chi connectivity index (χ3n) is 5.75. The predicted octanol–water partition coefficient (Wildman–Crippen LogP) is 2.65. The van der Waals surface area contributed by atoms with Crippen molar-refractivity contribution in [1.82, 2.24) is 20.1 Å². The molecule has 7 nitrogen and oxygen atoms in total. The lowest BCUT2D eigenvalue weighted by Gasteiger charge is -2.36. The molecule has 0 aromatic carbocycles. The van der Waals surface area contributed by atoms with Gasteiger partial charge in [0.25, 0.3) is 0 Å². The van der Waals surface area contributed by atoms with E-state index in [1.807, 2.05) is 17.5 Å². The molecular formula is C23H34N6OS. The zero-order valence-corrected chi connectivity index (χ0v) is 19.5. The van der Waals surface area contributed by atoms with Gasteiger partial charge in [-0.3, -0.25) is 4.90 Å². The molecule has 168 valence electrons. The average molecular weight is 443 g/mol. The summed E-state index contributed by atoms with van der Waals surface area (Å²) in [5.41, 5.74) is 1.19. The van der Waals surface area contributed by atoms with Gasteiger partial charge in [-0.2, -0.15) is 0 Å². The second-order valence-corrected chi connectivity index (χ2v) is 9.19. The third kappa shape index (κ3) is 6.18. The van der Waals surface area contributed by atoms with E-state index in [0.29, 0.717) is 6.54 Å². The molecule has 31 heavy (non-hydrogen) atoms. The number of nitrogens with zero attached hydrogens (tertiary/aromatic N) is 5. The Bertz CT molecular complexity index is 834. The first-order chi connectivity index (χ1) is 15.2. The van der Waals surface area contributed by atoms with Crippen molar-refractivity contribution in [3.05, 3.63) is 46.3 Å². The van der Waals surface area contributed by atoms with E-state index in [0.717, 1.165) is 70.7 Å². The number of ether oxygens (including phenoxy) is 1. The van der Waals surface area contributed by atoms with Crippen LogP contribution in [-0.4, -0.2) is 79.3 Å². The van der Waals surface area contributed by atoms with Crippen molar-refractivity contribution in [3.8, 4) is 0 Å². The maximum Gasteiger partial charge on any atom is 0.194 e. The first-order valence-corrected chi connectivity index (χ1v) is 12.2. The first kappa shape index (κ1) is 22.0. The second-order valence-electron chi connectivity index (χ2n) is 8.16. The number of hydrogen-bond acceptors (Lipinski definition) is 6. The van der Waals surface area contributed by atoms with Crippen molar-refractivity contribution in [2.24, 2.45) is 4.99 Å². The second kappa shape index (κ2) is 10.9. The number of rotatable bonds is 6. The molecule has 0 bridgehead atoms. The number of morpholine rings is 1. The van der Waals surface area contributed by atoms with Gasteiger partial charge in [0, 0.05) is 63.4 Å². The van der Waals surface area contributed by atoms with Crippen LogP contribution in [0.4, 0.5) is 5.82 Å². The summed E-state index contributed by atoms with van der Waals surface area (Å²) in [5.74, 6) is 2.03. The van der Waals surface area contributed by atoms with Crippen LogP contribution in [-0.2, 0) is 17.8 Å². The highest BCUT2D eigenvalue weighted by Gasteiger charge is 2.20. The van der Waals surface area contributed by atoms with Crippen LogP contribution >= 0.6 is 11.3 Å². The van der Waals surface area contributed by atoms with Crippen LogP contribution < -0.4 is 10.2 Å². The minimum absolute atomic E-state index is 0.246. The van der Waals surface area contributed by atoms with Crippen LogP contribution in [0.1, 0.15) is 24.3 Å². The molecule has 2 aromatic rings. The molecule has 0 aliphatic carbocycles. The first-order valence-electron chi connectivity index (χ1n) is 11.3. The number of piperazine rings is 1.